The molecule has 0 aliphatic heterocycles. The van der Waals surface area contributed by atoms with E-state index < -0.39 is 27.6 Å². The summed E-state index contributed by atoms with van der Waals surface area (Å²) >= 11 is 0. The number of nitrogens with two attached hydrogens (primary N) is 1. The van der Waals surface area contributed by atoms with Crippen molar-refractivity contribution in [2.24, 2.45) is 5.73 Å². The average molecular weight is 298 g/mol. The molecule has 1 aromatic carbocycles. The van der Waals surface area contributed by atoms with Gasteiger partial charge in [0.25, 0.3) is 17.2 Å². The number of nitriles is 1. The van der Waals surface area contributed by atoms with Crippen molar-refractivity contribution in [2.45, 2.75) is 6.54 Å². The number of hydrogen-bond donors (Lipinski definition) is 1. The van der Waals surface area contributed by atoms with E-state index in [1.165, 1.54) is 0 Å². The van der Waals surface area contributed by atoms with E-state index in [1.54, 1.807) is 24.3 Å². The maximum Gasteiger partial charge on any atom is 0.286 e. The summed E-state index contributed by atoms with van der Waals surface area (Å²) < 4.78 is 0.994. The lowest BCUT2D eigenvalue weighted by Gasteiger charge is -2.08. The normalized spacial score (nSPS) is 9.95. The molecule has 22 heavy (non-hydrogen) atoms. The molecule has 0 fully saturated rings. The van der Waals surface area contributed by atoms with Crippen molar-refractivity contribution >= 4 is 11.6 Å². The zero-order chi connectivity index (χ0) is 16.3. The Hall–Kier alpha value is -3.47. The molecule has 2 N–H and O–H groups in total. The van der Waals surface area contributed by atoms with E-state index in [9.17, 15) is 19.7 Å². The topological polar surface area (TPSA) is 132 Å². The van der Waals surface area contributed by atoms with E-state index >= 15 is 0 Å². The Morgan fingerprint density at radius 3 is 2.68 bits per heavy atom. The summed E-state index contributed by atoms with van der Waals surface area (Å²) in [7, 11) is 0. The molecule has 0 bridgehead atoms. The highest BCUT2D eigenvalue weighted by Gasteiger charge is 2.17. The van der Waals surface area contributed by atoms with Crippen LogP contribution in [-0.2, 0) is 6.54 Å². The van der Waals surface area contributed by atoms with E-state index in [1.807, 2.05) is 6.07 Å². The number of nitro groups is 1. The predicted molar refractivity (Wildman–Crippen MR) is 76.1 cm³/mol. The smallest absolute Gasteiger partial charge is 0.286 e. The van der Waals surface area contributed by atoms with Gasteiger partial charge in [-0.05, 0) is 11.6 Å². The van der Waals surface area contributed by atoms with Crippen molar-refractivity contribution in [3.63, 3.8) is 0 Å². The maximum atomic E-state index is 12.1. The van der Waals surface area contributed by atoms with Crippen molar-refractivity contribution in [3.05, 3.63) is 73.7 Å². The van der Waals surface area contributed by atoms with Crippen LogP contribution in [0, 0.1) is 21.4 Å². The summed E-state index contributed by atoms with van der Waals surface area (Å²) in [5.41, 5.74) is 4.27. The number of aromatic nitrogens is 1. The van der Waals surface area contributed by atoms with Crippen LogP contribution < -0.4 is 11.3 Å². The molecule has 2 aromatic rings. The number of primary amides is 1. The summed E-state index contributed by atoms with van der Waals surface area (Å²) in [5.74, 6) is -1.05. The van der Waals surface area contributed by atoms with E-state index in [-0.39, 0.29) is 6.54 Å². The summed E-state index contributed by atoms with van der Waals surface area (Å²) in [5, 5.41) is 19.9. The molecule has 1 amide bonds. The number of carbonyl (C=O) groups is 1. The van der Waals surface area contributed by atoms with Gasteiger partial charge in [0, 0.05) is 6.07 Å². The van der Waals surface area contributed by atoms with Crippen molar-refractivity contribution in [1.29, 1.82) is 5.26 Å². The fraction of sp³-hybridized carbons (Fsp3) is 0.0714. The van der Waals surface area contributed by atoms with Gasteiger partial charge >= 0.3 is 0 Å². The third kappa shape index (κ3) is 2.83. The highest BCUT2D eigenvalue weighted by atomic mass is 16.6. The van der Waals surface area contributed by atoms with Crippen LogP contribution >= 0.6 is 0 Å². The molecule has 8 nitrogen and oxygen atoms in total. The molecule has 0 saturated heterocycles. The minimum atomic E-state index is -1.05. The molecular formula is C14H10N4O4. The molecule has 0 aliphatic rings. The number of nitrogens with zero attached hydrogens (tertiary/aromatic N) is 3. The Morgan fingerprint density at radius 2 is 2.09 bits per heavy atom. The fourth-order valence-corrected chi connectivity index (χ4v) is 1.96. The van der Waals surface area contributed by atoms with Crippen molar-refractivity contribution < 1.29 is 9.72 Å². The largest absolute Gasteiger partial charge is 0.365 e. The van der Waals surface area contributed by atoms with E-state index in [0.717, 1.165) is 16.8 Å². The molecule has 0 unspecified atom stereocenters. The highest BCUT2D eigenvalue weighted by molar-refractivity contribution is 5.92. The molecule has 0 atom stereocenters. The first-order chi connectivity index (χ1) is 10.4. The Labute approximate surface area is 124 Å². The molecule has 0 spiro atoms. The lowest BCUT2D eigenvalue weighted by molar-refractivity contribution is -0.385. The van der Waals surface area contributed by atoms with Gasteiger partial charge < -0.3 is 10.3 Å². The molecule has 0 saturated carbocycles. The van der Waals surface area contributed by atoms with Gasteiger partial charge in [0.15, 0.2) is 0 Å². The lowest BCUT2D eigenvalue weighted by Crippen LogP contribution is -2.30. The zero-order valence-electron chi connectivity index (χ0n) is 11.2. The van der Waals surface area contributed by atoms with Gasteiger partial charge in [-0.1, -0.05) is 18.2 Å². The number of rotatable bonds is 4. The van der Waals surface area contributed by atoms with Crippen LogP contribution in [0.3, 0.4) is 0 Å². The molecule has 1 aromatic heterocycles. The van der Waals surface area contributed by atoms with E-state index in [4.69, 9.17) is 11.0 Å². The van der Waals surface area contributed by atoms with Crippen molar-refractivity contribution in [3.8, 4) is 6.07 Å². The molecule has 8 heteroatoms. The number of carbonyl (C=O) groups excluding carboxylic acids is 1. The van der Waals surface area contributed by atoms with Crippen LogP contribution in [0.1, 0.15) is 21.5 Å². The minimum absolute atomic E-state index is 0.0788. The Kier molecular flexibility index (Phi) is 3.99. The number of hydrogen-bond acceptors (Lipinski definition) is 5. The standard InChI is InChI=1S/C14H10N4O4/c15-6-9-3-1-2-4-10(9)7-17-8-11(18(21)22)5-12(13(16)19)14(17)20/h1-5,8H,7H2,(H2,16,19). The Morgan fingerprint density at radius 1 is 1.41 bits per heavy atom. The van der Waals surface area contributed by atoms with Crippen LogP contribution in [0.5, 0.6) is 0 Å². The molecule has 2 rings (SSSR count). The molecule has 0 radical (unpaired) electrons. The van der Waals surface area contributed by atoms with Crippen LogP contribution in [0.4, 0.5) is 5.69 Å². The SMILES string of the molecule is N#Cc1ccccc1Cn1cc([N+](=O)[O-])cc(C(N)=O)c1=O. The first-order valence-electron chi connectivity index (χ1n) is 6.10. The van der Waals surface area contributed by atoms with Crippen LogP contribution in [0.25, 0.3) is 0 Å². The molecule has 0 aliphatic carbocycles. The number of amides is 1. The van der Waals surface area contributed by atoms with Gasteiger partial charge in [-0.15, -0.1) is 0 Å². The van der Waals surface area contributed by atoms with Gasteiger partial charge in [0.05, 0.1) is 29.3 Å². The predicted octanol–water partition coefficient (Wildman–Crippen LogP) is 0.775. The van der Waals surface area contributed by atoms with Crippen molar-refractivity contribution in [2.75, 3.05) is 0 Å². The second-order valence-corrected chi connectivity index (χ2v) is 4.44. The Balaban J connectivity index is 2.60. The molecular weight excluding hydrogens is 288 g/mol. The monoisotopic (exact) mass is 298 g/mol. The Bertz CT molecular complexity index is 864. The van der Waals surface area contributed by atoms with Gasteiger partial charge in [-0.3, -0.25) is 19.7 Å². The molecule has 1 heterocycles. The zero-order valence-corrected chi connectivity index (χ0v) is 11.2. The second kappa shape index (κ2) is 5.88. The number of pyridine rings is 1. The summed E-state index contributed by atoms with van der Waals surface area (Å²) in [6, 6.07) is 9.33. The van der Waals surface area contributed by atoms with E-state index in [2.05, 4.69) is 0 Å². The maximum absolute atomic E-state index is 12.1. The van der Waals surface area contributed by atoms with Gasteiger partial charge in [0.1, 0.15) is 5.56 Å². The third-order valence-electron chi connectivity index (χ3n) is 3.03. The van der Waals surface area contributed by atoms with Crippen LogP contribution in [0.15, 0.2) is 41.3 Å². The molecule has 110 valence electrons. The summed E-state index contributed by atoms with van der Waals surface area (Å²) in [4.78, 5) is 33.6. The first-order valence-corrected chi connectivity index (χ1v) is 6.10. The van der Waals surface area contributed by atoms with Gasteiger partial charge in [-0.2, -0.15) is 5.26 Å². The van der Waals surface area contributed by atoms with Gasteiger partial charge in [0.2, 0.25) is 0 Å². The average Bonchev–Trinajstić information content (AvgIpc) is 2.49. The van der Waals surface area contributed by atoms with Crippen LogP contribution in [0.2, 0.25) is 0 Å². The van der Waals surface area contributed by atoms with Gasteiger partial charge in [-0.25, -0.2) is 0 Å². The van der Waals surface area contributed by atoms with E-state index in [0.29, 0.717) is 11.1 Å². The third-order valence-corrected chi connectivity index (χ3v) is 3.03. The minimum Gasteiger partial charge on any atom is -0.365 e. The summed E-state index contributed by atoms with van der Waals surface area (Å²) in [6.45, 7) is -0.0788. The summed E-state index contributed by atoms with van der Waals surface area (Å²) in [6.07, 6.45) is 1.02. The second-order valence-electron chi connectivity index (χ2n) is 4.44. The lowest BCUT2D eigenvalue weighted by atomic mass is 10.1. The quantitative estimate of drug-likeness (QED) is 0.657. The fourth-order valence-electron chi connectivity index (χ4n) is 1.96. The van der Waals surface area contributed by atoms with Crippen molar-refractivity contribution in [1.82, 2.24) is 4.57 Å². The first kappa shape index (κ1) is 14.9. The highest BCUT2D eigenvalue weighted by Crippen LogP contribution is 2.13. The van der Waals surface area contributed by atoms with Crippen LogP contribution in [-0.4, -0.2) is 15.4 Å². The number of benzene rings is 1.